The molecule has 0 bridgehead atoms. The third kappa shape index (κ3) is 4.46. The number of hydrogen-bond donors (Lipinski definition) is 1. The minimum atomic E-state index is -0.765. The number of hydrogen-bond acceptors (Lipinski definition) is 4. The number of benzene rings is 1. The van der Waals surface area contributed by atoms with Gasteiger partial charge in [0.1, 0.15) is 18.1 Å². The summed E-state index contributed by atoms with van der Waals surface area (Å²) in [6.07, 6.45) is 6.43. The van der Waals surface area contributed by atoms with Gasteiger partial charge in [-0.05, 0) is 31.4 Å². The Morgan fingerprint density at radius 1 is 1.24 bits per heavy atom. The highest BCUT2D eigenvalue weighted by Gasteiger charge is 2.30. The molecule has 4 heteroatoms. The third-order valence-corrected chi connectivity index (χ3v) is 3.87. The van der Waals surface area contributed by atoms with Gasteiger partial charge in [-0.15, -0.1) is 0 Å². The molecule has 1 saturated carbocycles. The summed E-state index contributed by atoms with van der Waals surface area (Å²) in [6, 6.07) is 5.19. The first-order chi connectivity index (χ1) is 10.2. The molecule has 1 N–H and O–H groups in total. The first-order valence-corrected chi connectivity index (χ1v) is 7.74. The average molecular weight is 292 g/mol. The molecule has 0 spiro atoms. The monoisotopic (exact) mass is 292 g/mol. The van der Waals surface area contributed by atoms with Crippen molar-refractivity contribution in [1.29, 1.82) is 0 Å². The summed E-state index contributed by atoms with van der Waals surface area (Å²) in [4.78, 5) is 11.1. The van der Waals surface area contributed by atoms with E-state index in [0.717, 1.165) is 38.4 Å². The van der Waals surface area contributed by atoms with Gasteiger partial charge in [-0.3, -0.25) is 4.79 Å². The molecule has 0 saturated heterocycles. The third-order valence-electron chi connectivity index (χ3n) is 3.87. The molecule has 0 atom stereocenters. The second-order valence-electron chi connectivity index (χ2n) is 5.74. The molecule has 1 aliphatic carbocycles. The number of carbonyl (C=O) groups excluding carboxylic acids is 1. The topological polar surface area (TPSA) is 55.8 Å². The zero-order valence-electron chi connectivity index (χ0n) is 12.6. The van der Waals surface area contributed by atoms with Crippen molar-refractivity contribution in [3.8, 4) is 11.5 Å². The van der Waals surface area contributed by atoms with Crippen molar-refractivity contribution in [2.45, 2.75) is 51.0 Å². The molecular weight excluding hydrogens is 268 g/mol. The van der Waals surface area contributed by atoms with Gasteiger partial charge in [0.2, 0.25) is 0 Å². The van der Waals surface area contributed by atoms with Crippen LogP contribution >= 0.6 is 0 Å². The van der Waals surface area contributed by atoms with Gasteiger partial charge in [-0.25, -0.2) is 0 Å². The van der Waals surface area contributed by atoms with E-state index < -0.39 is 5.60 Å². The van der Waals surface area contributed by atoms with Crippen LogP contribution in [0.15, 0.2) is 18.2 Å². The first kappa shape index (κ1) is 15.8. The molecule has 0 heterocycles. The largest absolute Gasteiger partial charge is 0.493 e. The predicted octanol–water partition coefficient (Wildman–Crippen LogP) is 3.36. The lowest BCUT2D eigenvalue weighted by Gasteiger charge is -2.31. The molecule has 4 nitrogen and oxygen atoms in total. The SMILES string of the molecule is CCCOc1ccc(C=O)c(OCC2(O)CCCCC2)c1. The van der Waals surface area contributed by atoms with E-state index in [1.807, 2.05) is 6.92 Å². The smallest absolute Gasteiger partial charge is 0.153 e. The molecule has 1 fully saturated rings. The Morgan fingerprint density at radius 3 is 2.67 bits per heavy atom. The zero-order chi connectivity index (χ0) is 15.1. The maximum absolute atomic E-state index is 11.1. The fraction of sp³-hybridized carbons (Fsp3) is 0.588. The van der Waals surface area contributed by atoms with Crippen LogP contribution in [0.5, 0.6) is 11.5 Å². The van der Waals surface area contributed by atoms with E-state index in [-0.39, 0.29) is 6.61 Å². The van der Waals surface area contributed by atoms with E-state index in [9.17, 15) is 9.90 Å². The highest BCUT2D eigenvalue weighted by Crippen LogP contribution is 2.30. The van der Waals surface area contributed by atoms with Gasteiger partial charge >= 0.3 is 0 Å². The van der Waals surface area contributed by atoms with E-state index >= 15 is 0 Å². The molecule has 1 aromatic rings. The van der Waals surface area contributed by atoms with Crippen LogP contribution in [0.4, 0.5) is 0 Å². The van der Waals surface area contributed by atoms with E-state index in [1.165, 1.54) is 6.42 Å². The van der Waals surface area contributed by atoms with E-state index in [2.05, 4.69) is 0 Å². The summed E-state index contributed by atoms with van der Waals surface area (Å²) < 4.78 is 11.3. The molecule has 21 heavy (non-hydrogen) atoms. The molecule has 116 valence electrons. The van der Waals surface area contributed by atoms with Gasteiger partial charge in [0.15, 0.2) is 6.29 Å². The highest BCUT2D eigenvalue weighted by atomic mass is 16.5. The normalized spacial score (nSPS) is 17.2. The Bertz CT molecular complexity index is 464. The highest BCUT2D eigenvalue weighted by molar-refractivity contribution is 5.79. The minimum absolute atomic E-state index is 0.227. The van der Waals surface area contributed by atoms with Gasteiger partial charge in [-0.1, -0.05) is 26.2 Å². The first-order valence-electron chi connectivity index (χ1n) is 7.74. The van der Waals surface area contributed by atoms with Crippen LogP contribution < -0.4 is 9.47 Å². The molecule has 0 unspecified atom stereocenters. The standard InChI is InChI=1S/C17H24O4/c1-2-10-20-15-7-6-14(12-18)16(11-15)21-13-17(19)8-4-3-5-9-17/h6-7,11-12,19H,2-5,8-10,13H2,1H3. The maximum atomic E-state index is 11.1. The van der Waals surface area contributed by atoms with Crippen molar-refractivity contribution in [3.63, 3.8) is 0 Å². The lowest BCUT2D eigenvalue weighted by molar-refractivity contribution is -0.0340. The molecule has 0 aliphatic heterocycles. The zero-order valence-corrected chi connectivity index (χ0v) is 12.6. The van der Waals surface area contributed by atoms with Gasteiger partial charge in [0.25, 0.3) is 0 Å². The van der Waals surface area contributed by atoms with Crippen LogP contribution in [0.1, 0.15) is 55.8 Å². The van der Waals surface area contributed by atoms with Crippen LogP contribution in [0.2, 0.25) is 0 Å². The minimum Gasteiger partial charge on any atom is -0.493 e. The van der Waals surface area contributed by atoms with Crippen LogP contribution in [0.3, 0.4) is 0 Å². The molecule has 1 aliphatic rings. The molecule has 0 amide bonds. The van der Waals surface area contributed by atoms with E-state index in [0.29, 0.717) is 23.7 Å². The van der Waals surface area contributed by atoms with Crippen molar-refractivity contribution < 1.29 is 19.4 Å². The number of carbonyl (C=O) groups is 1. The molecular formula is C17H24O4. The van der Waals surface area contributed by atoms with Crippen LogP contribution in [0, 0.1) is 0 Å². The van der Waals surface area contributed by atoms with Gasteiger partial charge in [-0.2, -0.15) is 0 Å². The van der Waals surface area contributed by atoms with Gasteiger partial charge in [0.05, 0.1) is 17.8 Å². The quantitative estimate of drug-likeness (QED) is 0.783. The van der Waals surface area contributed by atoms with Gasteiger partial charge < -0.3 is 14.6 Å². The van der Waals surface area contributed by atoms with Crippen molar-refractivity contribution in [2.75, 3.05) is 13.2 Å². The molecule has 1 aromatic carbocycles. The number of aldehydes is 1. The summed E-state index contributed by atoms with van der Waals surface area (Å²) >= 11 is 0. The second kappa shape index (κ2) is 7.46. The Labute approximate surface area is 126 Å². The fourth-order valence-corrected chi connectivity index (χ4v) is 2.61. The molecule has 0 radical (unpaired) electrons. The average Bonchev–Trinajstić information content (AvgIpc) is 2.52. The molecule has 0 aromatic heterocycles. The Kier molecular flexibility index (Phi) is 5.62. The van der Waals surface area contributed by atoms with Crippen molar-refractivity contribution in [1.82, 2.24) is 0 Å². The predicted molar refractivity (Wildman–Crippen MR) is 81.1 cm³/mol. The van der Waals surface area contributed by atoms with Gasteiger partial charge in [0, 0.05) is 6.07 Å². The summed E-state index contributed by atoms with van der Waals surface area (Å²) in [6.45, 7) is 2.89. The van der Waals surface area contributed by atoms with Crippen molar-refractivity contribution in [2.24, 2.45) is 0 Å². The van der Waals surface area contributed by atoms with Crippen LogP contribution in [-0.4, -0.2) is 30.2 Å². The fourth-order valence-electron chi connectivity index (χ4n) is 2.61. The summed E-state index contributed by atoms with van der Waals surface area (Å²) in [5.74, 6) is 1.17. The lowest BCUT2D eigenvalue weighted by Crippen LogP contribution is -2.38. The number of rotatable bonds is 7. The summed E-state index contributed by atoms with van der Waals surface area (Å²) in [5.41, 5.74) is -0.281. The van der Waals surface area contributed by atoms with E-state index in [4.69, 9.17) is 9.47 Å². The second-order valence-corrected chi connectivity index (χ2v) is 5.74. The number of ether oxygens (including phenoxy) is 2. The summed E-state index contributed by atoms with van der Waals surface area (Å²) in [5, 5.41) is 10.5. The summed E-state index contributed by atoms with van der Waals surface area (Å²) in [7, 11) is 0. The van der Waals surface area contributed by atoms with Crippen molar-refractivity contribution in [3.05, 3.63) is 23.8 Å². The van der Waals surface area contributed by atoms with Crippen molar-refractivity contribution >= 4 is 6.29 Å². The lowest BCUT2D eigenvalue weighted by atomic mass is 9.85. The Morgan fingerprint density at radius 2 is 2.00 bits per heavy atom. The molecule has 2 rings (SSSR count). The van der Waals surface area contributed by atoms with Crippen LogP contribution in [-0.2, 0) is 0 Å². The maximum Gasteiger partial charge on any atom is 0.153 e. The number of aliphatic hydroxyl groups is 1. The Balaban J connectivity index is 2.04. The Hall–Kier alpha value is -1.55. The van der Waals surface area contributed by atoms with E-state index in [1.54, 1.807) is 18.2 Å². The van der Waals surface area contributed by atoms with Crippen LogP contribution in [0.25, 0.3) is 0 Å².